The lowest BCUT2D eigenvalue weighted by molar-refractivity contribution is -0.384. The monoisotopic (exact) mass is 437 g/mol. The number of fused-ring (bicyclic) bond motifs is 1. The van der Waals surface area contributed by atoms with E-state index >= 15 is 0 Å². The highest BCUT2D eigenvalue weighted by Gasteiger charge is 2.23. The Morgan fingerprint density at radius 2 is 1.87 bits per heavy atom. The summed E-state index contributed by atoms with van der Waals surface area (Å²) in [5.41, 5.74) is 2.15. The van der Waals surface area contributed by atoms with Crippen molar-refractivity contribution >= 4 is 34.8 Å². The van der Waals surface area contributed by atoms with Crippen molar-refractivity contribution < 1.29 is 9.34 Å². The SMILES string of the molecule is O=[N+]([O-])c1ccc(-c2ccc(C3=Nn4c(nnc4-c4ccccc4)SC3)o2)c(Cl)c1. The zero-order valence-electron chi connectivity index (χ0n) is 15.2. The fourth-order valence-electron chi connectivity index (χ4n) is 3.07. The van der Waals surface area contributed by atoms with Crippen LogP contribution in [0.3, 0.4) is 0 Å². The summed E-state index contributed by atoms with van der Waals surface area (Å²) in [6, 6.07) is 17.6. The zero-order chi connectivity index (χ0) is 20.7. The van der Waals surface area contributed by atoms with Crippen LogP contribution in [-0.2, 0) is 0 Å². The van der Waals surface area contributed by atoms with Crippen LogP contribution in [-0.4, -0.2) is 31.3 Å². The van der Waals surface area contributed by atoms with Gasteiger partial charge in [0.25, 0.3) is 5.69 Å². The average Bonchev–Trinajstić information content (AvgIpc) is 3.41. The second kappa shape index (κ2) is 7.43. The normalized spacial score (nSPS) is 13.0. The van der Waals surface area contributed by atoms with Gasteiger partial charge in [-0.25, -0.2) is 0 Å². The van der Waals surface area contributed by atoms with E-state index in [9.17, 15) is 10.1 Å². The predicted molar refractivity (Wildman–Crippen MR) is 114 cm³/mol. The fourth-order valence-corrected chi connectivity index (χ4v) is 4.15. The van der Waals surface area contributed by atoms with Gasteiger partial charge in [-0.3, -0.25) is 10.1 Å². The van der Waals surface area contributed by atoms with Crippen LogP contribution < -0.4 is 0 Å². The molecule has 2 aromatic carbocycles. The molecule has 0 aliphatic carbocycles. The Balaban J connectivity index is 1.50. The molecular weight excluding hydrogens is 426 g/mol. The van der Waals surface area contributed by atoms with Crippen molar-refractivity contribution in [3.8, 4) is 22.7 Å². The van der Waals surface area contributed by atoms with Crippen LogP contribution in [0.5, 0.6) is 0 Å². The molecule has 10 heteroatoms. The molecule has 0 fully saturated rings. The molecule has 1 aliphatic heterocycles. The number of nitro benzene ring substituents is 1. The number of hydrogen-bond donors (Lipinski definition) is 0. The molecule has 0 N–H and O–H groups in total. The molecule has 0 saturated carbocycles. The van der Waals surface area contributed by atoms with Gasteiger partial charge in [0.05, 0.1) is 9.95 Å². The smallest absolute Gasteiger partial charge is 0.270 e. The zero-order valence-corrected chi connectivity index (χ0v) is 16.8. The highest BCUT2D eigenvalue weighted by atomic mass is 35.5. The topological polar surface area (TPSA) is 99.3 Å². The molecule has 1 aliphatic rings. The maximum atomic E-state index is 10.9. The third-order valence-corrected chi connectivity index (χ3v) is 5.77. The number of non-ortho nitro benzene ring substituents is 1. The number of hydrogen-bond acceptors (Lipinski definition) is 7. The quantitative estimate of drug-likeness (QED) is 0.324. The summed E-state index contributed by atoms with van der Waals surface area (Å²) in [5.74, 6) is 2.33. The van der Waals surface area contributed by atoms with Gasteiger partial charge in [0.2, 0.25) is 5.16 Å². The van der Waals surface area contributed by atoms with Crippen LogP contribution in [0.4, 0.5) is 5.69 Å². The summed E-state index contributed by atoms with van der Waals surface area (Å²) in [6.45, 7) is 0. The Labute approximate surface area is 179 Å². The van der Waals surface area contributed by atoms with Crippen LogP contribution in [0.2, 0.25) is 5.02 Å². The van der Waals surface area contributed by atoms with E-state index in [1.807, 2.05) is 36.4 Å². The minimum Gasteiger partial charge on any atom is -0.455 e. The number of aromatic nitrogens is 3. The lowest BCUT2D eigenvalue weighted by Crippen LogP contribution is -2.13. The van der Waals surface area contributed by atoms with Crippen LogP contribution in [0.25, 0.3) is 22.7 Å². The standard InChI is InChI=1S/C20H12ClN5O3S/c21-15-10-13(26(27)28)6-7-14(15)17-8-9-18(29-17)16-11-30-20-23-22-19(25(20)24-16)12-4-2-1-3-5-12/h1-10H,11H2. The van der Waals surface area contributed by atoms with E-state index in [2.05, 4.69) is 10.2 Å². The number of nitro groups is 1. The molecule has 4 aromatic rings. The van der Waals surface area contributed by atoms with Crippen molar-refractivity contribution in [3.63, 3.8) is 0 Å². The molecule has 5 rings (SSSR count). The lowest BCUT2D eigenvalue weighted by atomic mass is 10.1. The van der Waals surface area contributed by atoms with Gasteiger partial charge in [0.1, 0.15) is 11.5 Å². The van der Waals surface area contributed by atoms with Gasteiger partial charge in [0, 0.05) is 29.0 Å². The Hall–Kier alpha value is -3.43. The van der Waals surface area contributed by atoms with Gasteiger partial charge in [-0.2, -0.15) is 9.78 Å². The largest absolute Gasteiger partial charge is 0.455 e. The second-order valence-corrected chi connectivity index (χ2v) is 7.75. The first-order chi connectivity index (χ1) is 14.6. The van der Waals surface area contributed by atoms with Crippen molar-refractivity contribution in [1.82, 2.24) is 14.9 Å². The Bertz CT molecular complexity index is 1300. The summed E-state index contributed by atoms with van der Waals surface area (Å²) in [5, 5.41) is 25.0. The summed E-state index contributed by atoms with van der Waals surface area (Å²) < 4.78 is 7.68. The lowest BCUT2D eigenvalue weighted by Gasteiger charge is -2.12. The highest BCUT2D eigenvalue weighted by molar-refractivity contribution is 7.99. The molecular formula is C20H12ClN5O3S. The first-order valence-corrected chi connectivity index (χ1v) is 10.2. The number of halogens is 1. The van der Waals surface area contributed by atoms with Crippen molar-refractivity contribution in [2.75, 3.05) is 5.75 Å². The Morgan fingerprint density at radius 3 is 2.63 bits per heavy atom. The van der Waals surface area contributed by atoms with Gasteiger partial charge >= 0.3 is 0 Å². The molecule has 0 spiro atoms. The van der Waals surface area contributed by atoms with E-state index in [0.29, 0.717) is 33.8 Å². The van der Waals surface area contributed by atoms with Gasteiger partial charge in [-0.15, -0.1) is 10.2 Å². The first-order valence-electron chi connectivity index (χ1n) is 8.86. The molecule has 0 amide bonds. The fraction of sp³-hybridized carbons (Fsp3) is 0.0500. The summed E-state index contributed by atoms with van der Waals surface area (Å²) in [7, 11) is 0. The Kier molecular flexibility index (Phi) is 4.61. The van der Waals surface area contributed by atoms with E-state index in [-0.39, 0.29) is 10.7 Å². The molecule has 148 valence electrons. The number of thioether (sulfide) groups is 1. The maximum absolute atomic E-state index is 10.9. The van der Waals surface area contributed by atoms with Gasteiger partial charge in [0.15, 0.2) is 11.6 Å². The molecule has 8 nitrogen and oxygen atoms in total. The van der Waals surface area contributed by atoms with Crippen molar-refractivity contribution in [2.24, 2.45) is 5.10 Å². The maximum Gasteiger partial charge on any atom is 0.270 e. The average molecular weight is 438 g/mol. The number of nitrogens with zero attached hydrogens (tertiary/aromatic N) is 5. The summed E-state index contributed by atoms with van der Waals surface area (Å²) in [4.78, 5) is 10.4. The molecule has 0 atom stereocenters. The van der Waals surface area contributed by atoms with Crippen LogP contribution in [0.1, 0.15) is 5.76 Å². The molecule has 3 heterocycles. The molecule has 0 radical (unpaired) electrons. The first kappa shape index (κ1) is 18.6. The molecule has 0 bridgehead atoms. The van der Waals surface area contributed by atoms with E-state index in [4.69, 9.17) is 21.1 Å². The predicted octanol–water partition coefficient (Wildman–Crippen LogP) is 5.12. The van der Waals surface area contributed by atoms with E-state index < -0.39 is 4.92 Å². The third-order valence-electron chi connectivity index (χ3n) is 4.52. The van der Waals surface area contributed by atoms with Crippen molar-refractivity contribution in [1.29, 1.82) is 0 Å². The van der Waals surface area contributed by atoms with Crippen molar-refractivity contribution in [3.05, 3.63) is 81.6 Å². The van der Waals surface area contributed by atoms with E-state index in [1.165, 1.54) is 23.9 Å². The van der Waals surface area contributed by atoms with Crippen LogP contribution in [0.15, 0.2) is 75.3 Å². The summed E-state index contributed by atoms with van der Waals surface area (Å²) in [6.07, 6.45) is 0. The van der Waals surface area contributed by atoms with E-state index in [1.54, 1.807) is 16.8 Å². The third kappa shape index (κ3) is 3.27. The number of furan rings is 1. The minimum atomic E-state index is -0.488. The number of rotatable bonds is 4. The van der Waals surface area contributed by atoms with Crippen molar-refractivity contribution in [2.45, 2.75) is 5.16 Å². The minimum absolute atomic E-state index is 0.0721. The van der Waals surface area contributed by atoms with Gasteiger partial charge < -0.3 is 4.42 Å². The van der Waals surface area contributed by atoms with Gasteiger partial charge in [-0.05, 0) is 18.2 Å². The molecule has 30 heavy (non-hydrogen) atoms. The van der Waals surface area contributed by atoms with Gasteiger partial charge in [-0.1, -0.05) is 53.7 Å². The number of benzene rings is 2. The second-order valence-electron chi connectivity index (χ2n) is 6.40. The molecule has 0 unspecified atom stereocenters. The highest BCUT2D eigenvalue weighted by Crippen LogP contribution is 2.34. The molecule has 0 saturated heterocycles. The molecule has 2 aromatic heterocycles. The van der Waals surface area contributed by atoms with E-state index in [0.717, 1.165) is 11.3 Å². The van der Waals surface area contributed by atoms with Crippen LogP contribution in [0, 0.1) is 10.1 Å². The van der Waals surface area contributed by atoms with Crippen LogP contribution >= 0.6 is 23.4 Å². The summed E-state index contributed by atoms with van der Waals surface area (Å²) >= 11 is 7.74. The Morgan fingerprint density at radius 1 is 1.07 bits per heavy atom.